The highest BCUT2D eigenvalue weighted by Crippen LogP contribution is 2.51. The van der Waals surface area contributed by atoms with Crippen molar-refractivity contribution in [3.8, 4) is 11.1 Å². The minimum atomic E-state index is -0.203. The average molecular weight is 399 g/mol. The van der Waals surface area contributed by atoms with Crippen LogP contribution >= 0.6 is 0 Å². The highest BCUT2D eigenvalue weighted by atomic mass is 16.1. The molecule has 150 valence electrons. The number of rotatable bonds is 4. The second-order valence-electron chi connectivity index (χ2n) is 8.23. The van der Waals surface area contributed by atoms with Crippen LogP contribution < -0.4 is 5.56 Å². The molecule has 0 atom stereocenters. The molecular formula is C23H21N5O2. The molecule has 0 unspecified atom stereocenters. The van der Waals surface area contributed by atoms with Gasteiger partial charge in [0.1, 0.15) is 17.8 Å². The fourth-order valence-corrected chi connectivity index (χ4v) is 4.74. The predicted molar refractivity (Wildman–Crippen MR) is 112 cm³/mol. The minimum Gasteiger partial charge on any atom is -0.320 e. The Labute approximate surface area is 173 Å². The Hall–Kier alpha value is -3.61. The number of carbonyl (C=O) groups excluding carboxylic acids is 1. The van der Waals surface area contributed by atoms with E-state index in [0.29, 0.717) is 22.7 Å². The highest BCUT2D eigenvalue weighted by Gasteiger charge is 2.48. The van der Waals surface area contributed by atoms with Crippen LogP contribution in [0.4, 0.5) is 0 Å². The Balaban J connectivity index is 1.65. The Morgan fingerprint density at radius 3 is 2.73 bits per heavy atom. The standard InChI is InChI=1S/C23H21N5O2/c1-15-9-23(10-15,22-26-25-14-27(22)2)18-5-3-4-17(8-18)19-11-24-20-7-6-16(13-29)12-28(20)21(19)30/h3-8,11-15H,9-10H2,1-2H3. The Bertz CT molecular complexity index is 1330. The van der Waals surface area contributed by atoms with Gasteiger partial charge in [0.05, 0.1) is 11.0 Å². The lowest BCUT2D eigenvalue weighted by molar-refractivity contribution is 0.112. The van der Waals surface area contributed by atoms with E-state index in [2.05, 4.69) is 34.2 Å². The molecule has 1 fully saturated rings. The number of hydrogen-bond acceptors (Lipinski definition) is 5. The Morgan fingerprint density at radius 1 is 1.20 bits per heavy atom. The lowest BCUT2D eigenvalue weighted by Gasteiger charge is -2.46. The van der Waals surface area contributed by atoms with Gasteiger partial charge in [-0.3, -0.25) is 14.0 Å². The number of fused-ring (bicyclic) bond motifs is 1. The van der Waals surface area contributed by atoms with Crippen molar-refractivity contribution in [2.45, 2.75) is 25.2 Å². The number of carbonyl (C=O) groups is 1. The molecule has 0 N–H and O–H groups in total. The van der Waals surface area contributed by atoms with Gasteiger partial charge < -0.3 is 4.57 Å². The summed E-state index contributed by atoms with van der Waals surface area (Å²) in [7, 11) is 1.97. The maximum Gasteiger partial charge on any atom is 0.265 e. The van der Waals surface area contributed by atoms with Gasteiger partial charge in [-0.15, -0.1) is 10.2 Å². The van der Waals surface area contributed by atoms with Crippen LogP contribution in [0.1, 0.15) is 41.5 Å². The maximum absolute atomic E-state index is 13.2. The Kier molecular flexibility index (Phi) is 4.13. The molecule has 5 rings (SSSR count). The van der Waals surface area contributed by atoms with E-state index in [0.717, 1.165) is 36.1 Å². The molecule has 3 aromatic heterocycles. The van der Waals surface area contributed by atoms with Crippen molar-refractivity contribution in [1.29, 1.82) is 0 Å². The molecule has 1 aromatic carbocycles. The van der Waals surface area contributed by atoms with Crippen molar-refractivity contribution < 1.29 is 4.79 Å². The van der Waals surface area contributed by atoms with Crippen molar-refractivity contribution >= 4 is 11.9 Å². The van der Waals surface area contributed by atoms with Gasteiger partial charge in [-0.2, -0.15) is 0 Å². The van der Waals surface area contributed by atoms with Crippen LogP contribution in [0.15, 0.2) is 59.9 Å². The molecule has 4 aromatic rings. The number of aromatic nitrogens is 5. The molecule has 0 spiro atoms. The Morgan fingerprint density at radius 2 is 2.03 bits per heavy atom. The smallest absolute Gasteiger partial charge is 0.265 e. The van der Waals surface area contributed by atoms with Crippen LogP contribution in [0.5, 0.6) is 0 Å². The van der Waals surface area contributed by atoms with Gasteiger partial charge in [-0.25, -0.2) is 4.98 Å². The lowest BCUT2D eigenvalue weighted by atomic mass is 9.58. The molecule has 0 radical (unpaired) electrons. The molecule has 1 aliphatic carbocycles. The van der Waals surface area contributed by atoms with E-state index < -0.39 is 0 Å². The summed E-state index contributed by atoms with van der Waals surface area (Å²) in [4.78, 5) is 28.7. The third-order valence-electron chi connectivity index (χ3n) is 6.12. The molecule has 3 heterocycles. The first kappa shape index (κ1) is 18.4. The molecule has 7 heteroatoms. The van der Waals surface area contributed by atoms with Gasteiger partial charge in [0.15, 0.2) is 6.29 Å². The van der Waals surface area contributed by atoms with Crippen molar-refractivity contribution in [1.82, 2.24) is 24.1 Å². The monoisotopic (exact) mass is 399 g/mol. The first-order valence-electron chi connectivity index (χ1n) is 9.94. The highest BCUT2D eigenvalue weighted by molar-refractivity contribution is 5.75. The number of aryl methyl sites for hydroxylation is 1. The summed E-state index contributed by atoms with van der Waals surface area (Å²) in [5, 5.41) is 8.49. The molecule has 1 saturated carbocycles. The normalized spacial score (nSPS) is 20.8. The van der Waals surface area contributed by atoms with Gasteiger partial charge in [0.25, 0.3) is 5.56 Å². The van der Waals surface area contributed by atoms with Crippen LogP contribution in [-0.4, -0.2) is 30.4 Å². The van der Waals surface area contributed by atoms with Gasteiger partial charge in [-0.1, -0.05) is 25.1 Å². The topological polar surface area (TPSA) is 82.2 Å². The largest absolute Gasteiger partial charge is 0.320 e. The molecule has 0 saturated heterocycles. The zero-order chi connectivity index (χ0) is 20.9. The summed E-state index contributed by atoms with van der Waals surface area (Å²) >= 11 is 0. The first-order chi connectivity index (χ1) is 14.5. The zero-order valence-electron chi connectivity index (χ0n) is 16.8. The van der Waals surface area contributed by atoms with Crippen molar-refractivity contribution in [2.24, 2.45) is 13.0 Å². The molecule has 1 aliphatic rings. The van der Waals surface area contributed by atoms with Gasteiger partial charge in [0.2, 0.25) is 0 Å². The fourth-order valence-electron chi connectivity index (χ4n) is 4.74. The number of hydrogen-bond donors (Lipinski definition) is 0. The van der Waals surface area contributed by atoms with Crippen LogP contribution in [0.25, 0.3) is 16.8 Å². The maximum atomic E-state index is 13.2. The minimum absolute atomic E-state index is 0.199. The molecule has 7 nitrogen and oxygen atoms in total. The zero-order valence-corrected chi connectivity index (χ0v) is 16.8. The number of nitrogens with zero attached hydrogens (tertiary/aromatic N) is 5. The number of pyridine rings is 1. The van der Waals surface area contributed by atoms with Gasteiger partial charge >= 0.3 is 0 Å². The number of aldehydes is 1. The van der Waals surface area contributed by atoms with Crippen LogP contribution in [0, 0.1) is 5.92 Å². The SMILES string of the molecule is CC1CC(c2cccc(-c3cnc4ccc(C=O)cn4c3=O)c2)(c2nncn2C)C1. The molecule has 0 aliphatic heterocycles. The molecule has 30 heavy (non-hydrogen) atoms. The summed E-state index contributed by atoms with van der Waals surface area (Å²) in [6, 6.07) is 11.4. The molecule has 0 bridgehead atoms. The molecule has 0 amide bonds. The second kappa shape index (κ2) is 6.73. The molecular weight excluding hydrogens is 378 g/mol. The van der Waals surface area contributed by atoms with E-state index in [9.17, 15) is 9.59 Å². The van der Waals surface area contributed by atoms with E-state index in [1.54, 1.807) is 24.7 Å². The van der Waals surface area contributed by atoms with E-state index in [1.165, 1.54) is 10.6 Å². The summed E-state index contributed by atoms with van der Waals surface area (Å²) in [6.07, 6.45) is 7.56. The lowest BCUT2D eigenvalue weighted by Crippen LogP contribution is -2.43. The van der Waals surface area contributed by atoms with Crippen LogP contribution in [0.3, 0.4) is 0 Å². The van der Waals surface area contributed by atoms with Gasteiger partial charge in [0, 0.05) is 25.0 Å². The van der Waals surface area contributed by atoms with Crippen LogP contribution in [-0.2, 0) is 12.5 Å². The van der Waals surface area contributed by atoms with E-state index in [-0.39, 0.29) is 11.0 Å². The second-order valence-corrected chi connectivity index (χ2v) is 8.23. The van der Waals surface area contributed by atoms with E-state index in [4.69, 9.17) is 0 Å². The van der Waals surface area contributed by atoms with E-state index in [1.807, 2.05) is 23.7 Å². The summed E-state index contributed by atoms with van der Waals surface area (Å²) < 4.78 is 3.40. The van der Waals surface area contributed by atoms with Gasteiger partial charge in [-0.05, 0) is 48.1 Å². The van der Waals surface area contributed by atoms with Crippen molar-refractivity contribution in [3.63, 3.8) is 0 Å². The van der Waals surface area contributed by atoms with Crippen LogP contribution in [0.2, 0.25) is 0 Å². The third kappa shape index (κ3) is 2.69. The quantitative estimate of drug-likeness (QED) is 0.493. The summed E-state index contributed by atoms with van der Waals surface area (Å²) in [5.74, 6) is 1.54. The fraction of sp³-hybridized carbons (Fsp3) is 0.261. The van der Waals surface area contributed by atoms with Crippen molar-refractivity contribution in [2.75, 3.05) is 0 Å². The average Bonchev–Trinajstić information content (AvgIpc) is 3.17. The first-order valence-corrected chi connectivity index (χ1v) is 9.94. The van der Waals surface area contributed by atoms with Crippen molar-refractivity contribution in [3.05, 3.63) is 82.4 Å². The summed E-state index contributed by atoms with van der Waals surface area (Å²) in [6.45, 7) is 2.24. The van der Waals surface area contributed by atoms with E-state index >= 15 is 0 Å². The third-order valence-corrected chi connectivity index (χ3v) is 6.12. The number of benzene rings is 1. The summed E-state index contributed by atoms with van der Waals surface area (Å²) in [5.41, 5.74) is 2.97. The predicted octanol–water partition coefficient (Wildman–Crippen LogP) is 3.02.